The van der Waals surface area contributed by atoms with Crippen molar-refractivity contribution >= 4 is 6.09 Å². The molecule has 0 saturated carbocycles. The molecule has 2 aromatic rings. The lowest BCUT2D eigenvalue weighted by Crippen LogP contribution is -2.62. The molecule has 1 atom stereocenters. The minimum atomic E-state index is -1.12. The quantitative estimate of drug-likeness (QED) is 0.653. The monoisotopic (exact) mass is 370 g/mol. The van der Waals surface area contributed by atoms with Gasteiger partial charge in [0.15, 0.2) is 6.29 Å². The second kappa shape index (κ2) is 9.50. The lowest BCUT2D eigenvalue weighted by atomic mass is 9.87. The summed E-state index contributed by atoms with van der Waals surface area (Å²) in [6.07, 6.45) is -0.556. The van der Waals surface area contributed by atoms with Crippen molar-refractivity contribution in [2.45, 2.75) is 37.9 Å². The number of aliphatic hydroxyl groups is 1. The van der Waals surface area contributed by atoms with Gasteiger partial charge in [-0.1, -0.05) is 60.7 Å². The Kier molecular flexibility index (Phi) is 6.81. The van der Waals surface area contributed by atoms with Crippen molar-refractivity contribution in [1.82, 2.24) is 10.6 Å². The van der Waals surface area contributed by atoms with E-state index in [1.54, 1.807) is 0 Å². The van der Waals surface area contributed by atoms with Crippen molar-refractivity contribution < 1.29 is 19.4 Å². The van der Waals surface area contributed by atoms with Crippen LogP contribution in [0.4, 0.5) is 4.79 Å². The number of nitrogens with one attached hydrogen (secondary N) is 2. The number of hydrogen-bond donors (Lipinski definition) is 3. The summed E-state index contributed by atoms with van der Waals surface area (Å²) in [7, 11) is 0. The number of carbonyl (C=O) groups excluding carboxylic acids is 1. The van der Waals surface area contributed by atoms with Crippen molar-refractivity contribution in [3.63, 3.8) is 0 Å². The smallest absolute Gasteiger partial charge is 0.408 e. The Hall–Kier alpha value is -2.41. The van der Waals surface area contributed by atoms with Crippen LogP contribution in [-0.4, -0.2) is 36.1 Å². The molecule has 0 bridgehead atoms. The molecule has 27 heavy (non-hydrogen) atoms. The molecule has 3 rings (SSSR count). The number of ether oxygens (including phenoxy) is 2. The predicted molar refractivity (Wildman–Crippen MR) is 102 cm³/mol. The van der Waals surface area contributed by atoms with Gasteiger partial charge >= 0.3 is 6.09 Å². The lowest BCUT2D eigenvalue weighted by molar-refractivity contribution is -0.165. The maximum atomic E-state index is 12.3. The molecular formula is C21H26N2O4. The van der Waals surface area contributed by atoms with E-state index in [1.165, 1.54) is 0 Å². The largest absolute Gasteiger partial charge is 0.445 e. The average Bonchev–Trinajstić information content (AvgIpc) is 2.72. The number of aliphatic hydroxyl groups excluding tert-OH is 1. The van der Waals surface area contributed by atoms with E-state index >= 15 is 0 Å². The highest BCUT2D eigenvalue weighted by Crippen LogP contribution is 2.25. The zero-order valence-corrected chi connectivity index (χ0v) is 15.3. The van der Waals surface area contributed by atoms with Crippen LogP contribution in [0.3, 0.4) is 0 Å². The molecule has 1 unspecified atom stereocenters. The molecule has 1 aliphatic heterocycles. The van der Waals surface area contributed by atoms with Gasteiger partial charge in [-0.2, -0.15) is 0 Å². The first-order valence-corrected chi connectivity index (χ1v) is 9.21. The topological polar surface area (TPSA) is 79.8 Å². The van der Waals surface area contributed by atoms with Gasteiger partial charge in [0.2, 0.25) is 0 Å². The molecule has 0 aliphatic carbocycles. The maximum absolute atomic E-state index is 12.3. The first-order valence-electron chi connectivity index (χ1n) is 9.21. The molecule has 6 heteroatoms. The third-order valence-electron chi connectivity index (χ3n) is 4.78. The molecule has 144 valence electrons. The van der Waals surface area contributed by atoms with Crippen LogP contribution in [-0.2, 0) is 22.7 Å². The molecular weight excluding hydrogens is 344 g/mol. The van der Waals surface area contributed by atoms with E-state index in [0.717, 1.165) is 11.1 Å². The van der Waals surface area contributed by atoms with Gasteiger partial charge in [-0.15, -0.1) is 0 Å². The Labute approximate surface area is 159 Å². The second-order valence-electron chi connectivity index (χ2n) is 6.74. The van der Waals surface area contributed by atoms with Gasteiger partial charge in [-0.05, 0) is 37.1 Å². The first kappa shape index (κ1) is 19.4. The normalized spacial score (nSPS) is 17.1. The summed E-state index contributed by atoms with van der Waals surface area (Å²) in [5, 5.41) is 16.8. The summed E-state index contributed by atoms with van der Waals surface area (Å²) in [4.78, 5) is 12.3. The fraction of sp³-hybridized carbons (Fsp3) is 0.381. The number of rotatable bonds is 7. The number of benzene rings is 2. The second-order valence-corrected chi connectivity index (χ2v) is 6.74. The number of amides is 1. The molecule has 0 aromatic heterocycles. The van der Waals surface area contributed by atoms with E-state index in [1.807, 2.05) is 60.7 Å². The molecule has 1 amide bonds. The summed E-state index contributed by atoms with van der Waals surface area (Å²) < 4.78 is 11.0. The van der Waals surface area contributed by atoms with Crippen LogP contribution >= 0.6 is 0 Å². The van der Waals surface area contributed by atoms with Crippen LogP contribution in [0.25, 0.3) is 0 Å². The highest BCUT2D eigenvalue weighted by molar-refractivity contribution is 5.68. The molecule has 3 N–H and O–H groups in total. The molecule has 1 heterocycles. The zero-order valence-electron chi connectivity index (χ0n) is 15.3. The third kappa shape index (κ3) is 5.53. The van der Waals surface area contributed by atoms with Crippen LogP contribution < -0.4 is 10.6 Å². The molecule has 1 fully saturated rings. The van der Waals surface area contributed by atoms with Crippen LogP contribution in [0.2, 0.25) is 0 Å². The maximum Gasteiger partial charge on any atom is 0.408 e. The Morgan fingerprint density at radius 3 is 2.15 bits per heavy atom. The summed E-state index contributed by atoms with van der Waals surface area (Å²) in [5.74, 6) is 0. The van der Waals surface area contributed by atoms with Gasteiger partial charge in [0.25, 0.3) is 0 Å². The minimum absolute atomic E-state index is 0.183. The Bertz CT molecular complexity index is 703. The van der Waals surface area contributed by atoms with Gasteiger partial charge in [-0.3, -0.25) is 0 Å². The van der Waals surface area contributed by atoms with Crippen LogP contribution in [0.15, 0.2) is 60.7 Å². The number of carbonyl (C=O) groups is 1. The van der Waals surface area contributed by atoms with E-state index in [0.29, 0.717) is 25.9 Å². The third-order valence-corrected chi connectivity index (χ3v) is 4.78. The van der Waals surface area contributed by atoms with Crippen molar-refractivity contribution in [3.8, 4) is 0 Å². The van der Waals surface area contributed by atoms with Gasteiger partial charge in [0.1, 0.15) is 6.61 Å². The first-order chi connectivity index (χ1) is 13.2. The number of alkyl carbamates (subject to hydrolysis) is 1. The molecule has 0 spiro atoms. The summed E-state index contributed by atoms with van der Waals surface area (Å²) >= 11 is 0. The standard InChI is InChI=1S/C21H26N2O4/c24-19(26-15-17-7-3-1-4-8-17)21(11-13-22-14-12-21)23-20(25)27-16-18-9-5-2-6-10-18/h1-10,19,22,24H,11-16H2,(H,23,25). The average molecular weight is 370 g/mol. The van der Waals surface area contributed by atoms with Gasteiger partial charge in [-0.25, -0.2) is 4.79 Å². The Morgan fingerprint density at radius 1 is 1.00 bits per heavy atom. The van der Waals surface area contributed by atoms with Crippen LogP contribution in [0.5, 0.6) is 0 Å². The van der Waals surface area contributed by atoms with Crippen molar-refractivity contribution in [2.75, 3.05) is 13.1 Å². The van der Waals surface area contributed by atoms with E-state index < -0.39 is 17.9 Å². The van der Waals surface area contributed by atoms with Gasteiger partial charge in [0.05, 0.1) is 12.1 Å². The van der Waals surface area contributed by atoms with E-state index in [-0.39, 0.29) is 13.2 Å². The molecule has 6 nitrogen and oxygen atoms in total. The Morgan fingerprint density at radius 2 is 1.56 bits per heavy atom. The van der Waals surface area contributed by atoms with Crippen LogP contribution in [0.1, 0.15) is 24.0 Å². The molecule has 1 saturated heterocycles. The van der Waals surface area contributed by atoms with Crippen LogP contribution in [0, 0.1) is 0 Å². The van der Waals surface area contributed by atoms with Crippen molar-refractivity contribution in [1.29, 1.82) is 0 Å². The van der Waals surface area contributed by atoms with Crippen molar-refractivity contribution in [2.24, 2.45) is 0 Å². The van der Waals surface area contributed by atoms with E-state index in [2.05, 4.69) is 10.6 Å². The fourth-order valence-electron chi connectivity index (χ4n) is 3.18. The van der Waals surface area contributed by atoms with Gasteiger partial charge < -0.3 is 25.2 Å². The van der Waals surface area contributed by atoms with E-state index in [9.17, 15) is 9.90 Å². The molecule has 2 aromatic carbocycles. The molecule has 0 radical (unpaired) electrons. The predicted octanol–water partition coefficient (Wildman–Crippen LogP) is 2.57. The highest BCUT2D eigenvalue weighted by Gasteiger charge is 2.42. The lowest BCUT2D eigenvalue weighted by Gasteiger charge is -2.41. The van der Waals surface area contributed by atoms with Gasteiger partial charge in [0, 0.05) is 0 Å². The summed E-state index contributed by atoms with van der Waals surface area (Å²) in [6, 6.07) is 19.1. The highest BCUT2D eigenvalue weighted by atomic mass is 16.6. The fourth-order valence-corrected chi connectivity index (χ4v) is 3.18. The summed E-state index contributed by atoms with van der Waals surface area (Å²) in [5.41, 5.74) is 1.01. The van der Waals surface area contributed by atoms with Crippen molar-refractivity contribution in [3.05, 3.63) is 71.8 Å². The summed E-state index contributed by atoms with van der Waals surface area (Å²) in [6.45, 7) is 1.83. The molecule has 1 aliphatic rings. The zero-order chi connectivity index (χ0) is 19.0. The van der Waals surface area contributed by atoms with E-state index in [4.69, 9.17) is 9.47 Å². The number of piperidine rings is 1. The minimum Gasteiger partial charge on any atom is -0.445 e. The number of hydrogen-bond acceptors (Lipinski definition) is 5. The SMILES string of the molecule is O=C(NC1(C(O)OCc2ccccc2)CCNCC1)OCc1ccccc1. The Balaban J connectivity index is 1.58.